The van der Waals surface area contributed by atoms with Crippen LogP contribution in [0.1, 0.15) is 29.6 Å². The van der Waals surface area contributed by atoms with Crippen LogP contribution < -0.4 is 27.8 Å². The third-order valence-corrected chi connectivity index (χ3v) is 5.48. The highest BCUT2D eigenvalue weighted by molar-refractivity contribution is 5.94. The zero-order valence-corrected chi connectivity index (χ0v) is 18.9. The number of piperidine rings is 1. The molecule has 180 valence electrons. The summed E-state index contributed by atoms with van der Waals surface area (Å²) in [7, 11) is 0. The SMILES string of the molecule is NCCCNC(=O)c1ccnc(Nc2ccn(CCOCCN3CCC(N)CC3)c(=O)n2)c1. The molecule has 11 nitrogen and oxygen atoms in total. The number of nitrogens with two attached hydrogens (primary N) is 2. The molecule has 1 amide bonds. The number of aromatic nitrogens is 3. The molecule has 1 aliphatic rings. The van der Waals surface area contributed by atoms with E-state index >= 15 is 0 Å². The average Bonchev–Trinajstić information content (AvgIpc) is 2.81. The van der Waals surface area contributed by atoms with Gasteiger partial charge >= 0.3 is 5.69 Å². The van der Waals surface area contributed by atoms with Gasteiger partial charge < -0.3 is 31.7 Å². The van der Waals surface area contributed by atoms with Crippen LogP contribution >= 0.6 is 0 Å². The molecule has 2 aromatic rings. The largest absolute Gasteiger partial charge is 0.378 e. The van der Waals surface area contributed by atoms with Crippen LogP contribution in [0.3, 0.4) is 0 Å². The smallest absolute Gasteiger partial charge is 0.349 e. The number of carbonyl (C=O) groups excluding carboxylic acids is 1. The van der Waals surface area contributed by atoms with Crippen LogP contribution in [0.25, 0.3) is 0 Å². The highest BCUT2D eigenvalue weighted by Crippen LogP contribution is 2.12. The lowest BCUT2D eigenvalue weighted by Gasteiger charge is -2.29. The molecule has 0 atom stereocenters. The lowest BCUT2D eigenvalue weighted by Crippen LogP contribution is -2.41. The first-order chi connectivity index (χ1) is 16.0. The van der Waals surface area contributed by atoms with Gasteiger partial charge in [-0.3, -0.25) is 9.36 Å². The number of nitrogens with one attached hydrogen (secondary N) is 2. The number of hydrogen-bond acceptors (Lipinski definition) is 9. The number of likely N-dealkylation sites (tertiary alicyclic amines) is 1. The monoisotopic (exact) mass is 458 g/mol. The molecule has 33 heavy (non-hydrogen) atoms. The summed E-state index contributed by atoms with van der Waals surface area (Å²) in [6, 6.07) is 5.24. The van der Waals surface area contributed by atoms with Gasteiger partial charge in [0.05, 0.1) is 19.8 Å². The Bertz CT molecular complexity index is 943. The third kappa shape index (κ3) is 8.21. The Kier molecular flexibility index (Phi) is 9.76. The predicted octanol–water partition coefficient (Wildman–Crippen LogP) is -0.0998. The maximum atomic E-state index is 12.3. The van der Waals surface area contributed by atoms with E-state index < -0.39 is 0 Å². The quantitative estimate of drug-likeness (QED) is 0.319. The molecule has 3 rings (SSSR count). The molecule has 0 unspecified atom stereocenters. The summed E-state index contributed by atoms with van der Waals surface area (Å²) >= 11 is 0. The van der Waals surface area contributed by atoms with Gasteiger partial charge in [0.1, 0.15) is 11.6 Å². The minimum absolute atomic E-state index is 0.207. The molecule has 0 saturated carbocycles. The predicted molar refractivity (Wildman–Crippen MR) is 126 cm³/mol. The summed E-state index contributed by atoms with van der Waals surface area (Å²) in [6.45, 7) is 5.41. The number of pyridine rings is 1. The number of rotatable bonds is 12. The van der Waals surface area contributed by atoms with Crippen molar-refractivity contribution in [2.45, 2.75) is 31.8 Å². The van der Waals surface area contributed by atoms with E-state index in [9.17, 15) is 9.59 Å². The van der Waals surface area contributed by atoms with Crippen molar-refractivity contribution in [3.63, 3.8) is 0 Å². The van der Waals surface area contributed by atoms with Gasteiger partial charge in [0, 0.05) is 37.1 Å². The number of nitrogens with zero attached hydrogens (tertiary/aromatic N) is 4. The van der Waals surface area contributed by atoms with Gasteiger partial charge in [0.15, 0.2) is 0 Å². The minimum atomic E-state index is -0.385. The molecule has 1 fully saturated rings. The lowest BCUT2D eigenvalue weighted by molar-refractivity contribution is 0.0886. The molecule has 0 radical (unpaired) electrons. The van der Waals surface area contributed by atoms with Gasteiger partial charge in [-0.05, 0) is 57.1 Å². The van der Waals surface area contributed by atoms with E-state index in [0.717, 1.165) is 32.5 Å². The zero-order valence-electron chi connectivity index (χ0n) is 18.9. The highest BCUT2D eigenvalue weighted by atomic mass is 16.5. The molecule has 1 aliphatic heterocycles. The minimum Gasteiger partial charge on any atom is -0.378 e. The number of ether oxygens (including phenoxy) is 1. The fourth-order valence-electron chi connectivity index (χ4n) is 3.48. The number of carbonyl (C=O) groups is 1. The summed E-state index contributed by atoms with van der Waals surface area (Å²) in [5, 5.41) is 5.76. The molecule has 0 aromatic carbocycles. The number of anilines is 2. The molecule has 0 aliphatic carbocycles. The molecular formula is C22H34N8O3. The standard InChI is InChI=1S/C22H34N8O3/c23-6-1-7-26-21(31)17-2-8-25-20(16-17)27-19-5-11-30(22(32)28-19)13-15-33-14-12-29-9-3-18(24)4-10-29/h2,5,8,11,16,18H,1,3-4,6-7,9-10,12-15,23-24H2,(H,26,31)(H,25,27,28,32). The van der Waals surface area contributed by atoms with Crippen molar-refractivity contribution in [3.8, 4) is 0 Å². The van der Waals surface area contributed by atoms with Crippen LogP contribution in [0.5, 0.6) is 0 Å². The Labute approximate surface area is 193 Å². The zero-order chi connectivity index (χ0) is 23.5. The summed E-state index contributed by atoms with van der Waals surface area (Å²) in [6.07, 6.45) is 5.96. The Morgan fingerprint density at radius 1 is 1.18 bits per heavy atom. The van der Waals surface area contributed by atoms with Crippen LogP contribution in [0, 0.1) is 0 Å². The van der Waals surface area contributed by atoms with Gasteiger partial charge in [0.2, 0.25) is 0 Å². The maximum Gasteiger partial charge on any atom is 0.349 e. The second kappa shape index (κ2) is 13.0. The van der Waals surface area contributed by atoms with Crippen molar-refractivity contribution in [3.05, 3.63) is 46.6 Å². The molecule has 2 aromatic heterocycles. The molecular weight excluding hydrogens is 424 g/mol. The molecule has 6 N–H and O–H groups in total. The van der Waals surface area contributed by atoms with E-state index in [1.165, 1.54) is 10.8 Å². The molecule has 11 heteroatoms. The van der Waals surface area contributed by atoms with Crippen molar-refractivity contribution in [1.82, 2.24) is 24.8 Å². The number of hydrogen-bond donors (Lipinski definition) is 4. The Morgan fingerprint density at radius 2 is 1.97 bits per heavy atom. The molecule has 0 spiro atoms. The van der Waals surface area contributed by atoms with E-state index in [0.29, 0.717) is 62.5 Å². The maximum absolute atomic E-state index is 12.3. The van der Waals surface area contributed by atoms with E-state index in [1.807, 2.05) is 0 Å². The van der Waals surface area contributed by atoms with Crippen LogP contribution in [0.2, 0.25) is 0 Å². The average molecular weight is 459 g/mol. The van der Waals surface area contributed by atoms with Gasteiger partial charge in [-0.1, -0.05) is 0 Å². The summed E-state index contributed by atoms with van der Waals surface area (Å²) in [5.74, 6) is 0.572. The van der Waals surface area contributed by atoms with Crippen molar-refractivity contribution in [1.29, 1.82) is 0 Å². The Balaban J connectivity index is 1.44. The summed E-state index contributed by atoms with van der Waals surface area (Å²) in [5.41, 5.74) is 11.4. The van der Waals surface area contributed by atoms with E-state index in [2.05, 4.69) is 25.5 Å². The topological polar surface area (TPSA) is 153 Å². The Hall–Kier alpha value is -2.86. The first-order valence-corrected chi connectivity index (χ1v) is 11.4. The van der Waals surface area contributed by atoms with Gasteiger partial charge in [-0.15, -0.1) is 0 Å². The summed E-state index contributed by atoms with van der Waals surface area (Å²) < 4.78 is 7.19. The first kappa shape index (κ1) is 24.8. The Morgan fingerprint density at radius 3 is 2.73 bits per heavy atom. The number of amides is 1. The third-order valence-electron chi connectivity index (χ3n) is 5.48. The summed E-state index contributed by atoms with van der Waals surface area (Å²) in [4.78, 5) is 35.1. The van der Waals surface area contributed by atoms with Crippen LogP contribution in [-0.4, -0.2) is 77.3 Å². The van der Waals surface area contributed by atoms with Crippen molar-refractivity contribution in [2.75, 3.05) is 51.3 Å². The normalized spacial score (nSPS) is 14.8. The fourth-order valence-corrected chi connectivity index (χ4v) is 3.48. The van der Waals surface area contributed by atoms with Crippen LogP contribution in [0.4, 0.5) is 11.6 Å². The van der Waals surface area contributed by atoms with E-state index in [4.69, 9.17) is 16.2 Å². The van der Waals surface area contributed by atoms with Gasteiger partial charge in [-0.2, -0.15) is 4.98 Å². The fraction of sp³-hybridized carbons (Fsp3) is 0.545. The van der Waals surface area contributed by atoms with Gasteiger partial charge in [0.25, 0.3) is 5.91 Å². The highest BCUT2D eigenvalue weighted by Gasteiger charge is 2.15. The van der Waals surface area contributed by atoms with Crippen LogP contribution in [0.15, 0.2) is 35.4 Å². The van der Waals surface area contributed by atoms with Crippen molar-refractivity contribution in [2.24, 2.45) is 11.5 Å². The van der Waals surface area contributed by atoms with Gasteiger partial charge in [-0.25, -0.2) is 9.78 Å². The molecule has 0 bridgehead atoms. The van der Waals surface area contributed by atoms with Crippen LogP contribution in [-0.2, 0) is 11.3 Å². The lowest BCUT2D eigenvalue weighted by atomic mass is 10.1. The van der Waals surface area contributed by atoms with Crippen molar-refractivity contribution >= 4 is 17.5 Å². The second-order valence-electron chi connectivity index (χ2n) is 8.03. The van der Waals surface area contributed by atoms with E-state index in [-0.39, 0.29) is 11.6 Å². The molecule has 1 saturated heterocycles. The first-order valence-electron chi connectivity index (χ1n) is 11.4. The van der Waals surface area contributed by atoms with Crippen molar-refractivity contribution < 1.29 is 9.53 Å². The second-order valence-corrected chi connectivity index (χ2v) is 8.03. The van der Waals surface area contributed by atoms with E-state index in [1.54, 1.807) is 24.4 Å². The molecule has 3 heterocycles.